The van der Waals surface area contributed by atoms with Gasteiger partial charge in [-0.15, -0.1) is 23.2 Å². The molecule has 0 aliphatic heterocycles. The molecule has 0 amide bonds. The molecule has 1 rings (SSSR count). The Morgan fingerprint density at radius 2 is 1.71 bits per heavy atom. The molecule has 0 heterocycles. The zero-order valence-electron chi connectivity index (χ0n) is 9.26. The number of nitrogens with two attached hydrogens (primary N) is 1. The van der Waals surface area contributed by atoms with Gasteiger partial charge in [0.25, 0.3) is 0 Å². The maximum atomic E-state index is 12.2. The minimum absolute atomic E-state index is 0.316. The van der Waals surface area contributed by atoms with Crippen LogP contribution in [-0.2, 0) is 4.57 Å². The van der Waals surface area contributed by atoms with E-state index in [9.17, 15) is 4.57 Å². The van der Waals surface area contributed by atoms with Gasteiger partial charge >= 0.3 is 7.67 Å². The third kappa shape index (κ3) is 4.86. The first-order valence-electron chi connectivity index (χ1n) is 5.11. The van der Waals surface area contributed by atoms with E-state index in [1.165, 1.54) is 4.67 Å². The average molecular weight is 297 g/mol. The van der Waals surface area contributed by atoms with Crippen LogP contribution in [0, 0.1) is 0 Å². The van der Waals surface area contributed by atoms with Crippen molar-refractivity contribution in [3.8, 4) is 5.75 Å². The van der Waals surface area contributed by atoms with E-state index in [0.717, 1.165) is 0 Å². The zero-order valence-corrected chi connectivity index (χ0v) is 11.7. The van der Waals surface area contributed by atoms with Crippen LogP contribution in [0.5, 0.6) is 5.75 Å². The molecule has 96 valence electrons. The summed E-state index contributed by atoms with van der Waals surface area (Å²) in [6.45, 7) is 0.740. The van der Waals surface area contributed by atoms with E-state index >= 15 is 0 Å². The molecule has 2 N–H and O–H groups in total. The minimum Gasteiger partial charge on any atom is -0.422 e. The highest BCUT2D eigenvalue weighted by atomic mass is 35.5. The number of para-hydroxylation sites is 1. The first-order valence-corrected chi connectivity index (χ1v) is 7.82. The highest BCUT2D eigenvalue weighted by Crippen LogP contribution is 2.42. The average Bonchev–Trinajstić information content (AvgIpc) is 2.29. The summed E-state index contributed by atoms with van der Waals surface area (Å²) in [7, 11) is -3.39. The SMILES string of the molecule is NP(=O)(Oc1ccccc1)N(CCCl)CCCl. The normalized spacial score (nSPS) is 14.6. The summed E-state index contributed by atoms with van der Waals surface area (Å²) < 4.78 is 19.0. The summed E-state index contributed by atoms with van der Waals surface area (Å²) in [6.07, 6.45) is 0. The van der Waals surface area contributed by atoms with Crippen molar-refractivity contribution >= 4 is 30.9 Å². The van der Waals surface area contributed by atoms with Crippen LogP contribution >= 0.6 is 30.9 Å². The van der Waals surface area contributed by atoms with Crippen LogP contribution in [0.4, 0.5) is 0 Å². The van der Waals surface area contributed by atoms with Crippen LogP contribution in [0.1, 0.15) is 0 Å². The molecule has 1 unspecified atom stereocenters. The van der Waals surface area contributed by atoms with Crippen molar-refractivity contribution in [3.63, 3.8) is 0 Å². The third-order valence-electron chi connectivity index (χ3n) is 2.06. The molecule has 7 heteroatoms. The topological polar surface area (TPSA) is 55.6 Å². The molecular weight excluding hydrogens is 282 g/mol. The summed E-state index contributed by atoms with van der Waals surface area (Å²) in [5, 5.41) is 0. The molecule has 0 radical (unpaired) electrons. The molecule has 0 aliphatic carbocycles. The fraction of sp³-hybridized carbons (Fsp3) is 0.400. The largest absolute Gasteiger partial charge is 0.422 e. The Kier molecular flexibility index (Phi) is 6.31. The van der Waals surface area contributed by atoms with Gasteiger partial charge in [-0.05, 0) is 12.1 Å². The van der Waals surface area contributed by atoms with Crippen molar-refractivity contribution in [1.82, 2.24) is 4.67 Å². The molecule has 0 saturated carbocycles. The monoisotopic (exact) mass is 296 g/mol. The van der Waals surface area contributed by atoms with Gasteiger partial charge in [0.1, 0.15) is 5.75 Å². The molecule has 1 aromatic rings. The van der Waals surface area contributed by atoms with Crippen LogP contribution in [-0.4, -0.2) is 29.5 Å². The predicted molar refractivity (Wildman–Crippen MR) is 71.9 cm³/mol. The lowest BCUT2D eigenvalue weighted by atomic mass is 10.3. The van der Waals surface area contributed by atoms with Gasteiger partial charge in [-0.1, -0.05) is 18.2 Å². The second-order valence-corrected chi connectivity index (χ2v) is 5.93. The number of alkyl halides is 2. The molecule has 4 nitrogen and oxygen atoms in total. The Morgan fingerprint density at radius 1 is 1.18 bits per heavy atom. The highest BCUT2D eigenvalue weighted by Gasteiger charge is 2.27. The molecule has 0 fully saturated rings. The first-order chi connectivity index (χ1) is 8.10. The molecule has 0 spiro atoms. The van der Waals surface area contributed by atoms with Crippen LogP contribution < -0.4 is 10.0 Å². The summed E-state index contributed by atoms with van der Waals surface area (Å²) in [5.41, 5.74) is 5.71. The van der Waals surface area contributed by atoms with Gasteiger partial charge in [0.2, 0.25) is 0 Å². The first kappa shape index (κ1) is 14.8. The Morgan fingerprint density at radius 3 is 2.18 bits per heavy atom. The van der Waals surface area contributed by atoms with E-state index in [0.29, 0.717) is 30.6 Å². The molecular formula is C10H15Cl2N2O2P. The number of halogens is 2. The number of benzene rings is 1. The lowest BCUT2D eigenvalue weighted by molar-refractivity contribution is 0.373. The van der Waals surface area contributed by atoms with E-state index in [-0.39, 0.29) is 0 Å². The maximum absolute atomic E-state index is 12.2. The molecule has 1 aromatic carbocycles. The Labute approximate surface area is 111 Å². The van der Waals surface area contributed by atoms with Crippen molar-refractivity contribution in [3.05, 3.63) is 30.3 Å². The van der Waals surface area contributed by atoms with Crippen molar-refractivity contribution in [2.45, 2.75) is 0 Å². The lowest BCUT2D eigenvalue weighted by Crippen LogP contribution is -2.30. The maximum Gasteiger partial charge on any atom is 0.390 e. The number of hydrogen-bond donors (Lipinski definition) is 1. The number of nitrogens with zero attached hydrogens (tertiary/aromatic N) is 1. The van der Waals surface area contributed by atoms with Gasteiger partial charge in [0.15, 0.2) is 0 Å². The van der Waals surface area contributed by atoms with E-state index < -0.39 is 7.67 Å². The van der Waals surface area contributed by atoms with Gasteiger partial charge in [-0.25, -0.2) is 14.7 Å². The lowest BCUT2D eigenvalue weighted by Gasteiger charge is -2.26. The number of hydrogen-bond acceptors (Lipinski definition) is 2. The molecule has 0 aliphatic rings. The summed E-state index contributed by atoms with van der Waals surface area (Å²) in [5.74, 6) is 1.10. The summed E-state index contributed by atoms with van der Waals surface area (Å²) in [4.78, 5) is 0. The minimum atomic E-state index is -3.39. The van der Waals surface area contributed by atoms with Crippen LogP contribution in [0.3, 0.4) is 0 Å². The fourth-order valence-corrected chi connectivity index (χ4v) is 3.22. The van der Waals surface area contributed by atoms with E-state index in [1.54, 1.807) is 24.3 Å². The fourth-order valence-electron chi connectivity index (χ4n) is 1.28. The van der Waals surface area contributed by atoms with Crippen LogP contribution in [0.15, 0.2) is 30.3 Å². The smallest absolute Gasteiger partial charge is 0.390 e. The Balaban J connectivity index is 2.74. The molecule has 0 saturated heterocycles. The standard InChI is InChI=1S/C10H15Cl2N2O2P/c11-6-8-14(9-7-12)17(13,15)16-10-4-2-1-3-5-10/h1-5H,6-9H2,(H2,13,15). The highest BCUT2D eigenvalue weighted by molar-refractivity contribution is 7.54. The second-order valence-electron chi connectivity index (χ2n) is 3.30. The summed E-state index contributed by atoms with van der Waals surface area (Å²) in [6, 6.07) is 8.79. The Bertz CT molecular complexity index is 372. The molecule has 17 heavy (non-hydrogen) atoms. The van der Waals surface area contributed by atoms with Crippen molar-refractivity contribution in [2.75, 3.05) is 24.8 Å². The van der Waals surface area contributed by atoms with Crippen LogP contribution in [0.25, 0.3) is 0 Å². The summed E-state index contributed by atoms with van der Waals surface area (Å²) >= 11 is 11.2. The van der Waals surface area contributed by atoms with Gasteiger partial charge in [-0.3, -0.25) is 0 Å². The quantitative estimate of drug-likeness (QED) is 0.621. The molecule has 0 aromatic heterocycles. The van der Waals surface area contributed by atoms with Crippen molar-refractivity contribution in [1.29, 1.82) is 0 Å². The second kappa shape index (κ2) is 7.24. The zero-order chi connectivity index (χ0) is 12.7. The Hall–Kier alpha value is -0.250. The van der Waals surface area contributed by atoms with Gasteiger partial charge in [-0.2, -0.15) is 0 Å². The van der Waals surface area contributed by atoms with Crippen LogP contribution in [0.2, 0.25) is 0 Å². The van der Waals surface area contributed by atoms with Gasteiger partial charge < -0.3 is 4.52 Å². The van der Waals surface area contributed by atoms with Gasteiger partial charge in [0.05, 0.1) is 0 Å². The van der Waals surface area contributed by atoms with E-state index in [2.05, 4.69) is 0 Å². The predicted octanol–water partition coefficient (Wildman–Crippen LogP) is 2.91. The van der Waals surface area contributed by atoms with Crippen molar-refractivity contribution < 1.29 is 9.09 Å². The third-order valence-corrected chi connectivity index (χ3v) is 4.06. The number of rotatable bonds is 7. The van der Waals surface area contributed by atoms with Gasteiger partial charge in [0, 0.05) is 24.8 Å². The van der Waals surface area contributed by atoms with E-state index in [1.807, 2.05) is 6.07 Å². The molecule has 1 atom stereocenters. The van der Waals surface area contributed by atoms with Crippen molar-refractivity contribution in [2.24, 2.45) is 5.50 Å². The molecule has 0 bridgehead atoms. The van der Waals surface area contributed by atoms with E-state index in [4.69, 9.17) is 33.2 Å².